The zero-order chi connectivity index (χ0) is 20.4. The normalized spacial score (nSPS) is 12.8. The summed E-state index contributed by atoms with van der Waals surface area (Å²) in [6.07, 6.45) is 2.63. The first-order chi connectivity index (χ1) is 12.7. The van der Waals surface area contributed by atoms with E-state index >= 15 is 0 Å². The summed E-state index contributed by atoms with van der Waals surface area (Å²) in [6, 6.07) is 0.0462. The number of rotatable bonds is 8. The van der Waals surface area contributed by atoms with Gasteiger partial charge in [-0.3, -0.25) is 4.99 Å². The van der Waals surface area contributed by atoms with Gasteiger partial charge < -0.3 is 25.3 Å². The number of nitrogens with zero attached hydrogens (tertiary/aromatic N) is 4. The SMILES string of the molecule is CCCCC(CNC(=O)OC(C)(C)C)NC(=NC)NCc1nnc(C)n1C.I. The van der Waals surface area contributed by atoms with Crippen molar-refractivity contribution in [3.63, 3.8) is 0 Å². The average molecular weight is 509 g/mol. The third-order valence-electron chi connectivity index (χ3n) is 3.96. The Morgan fingerprint density at radius 1 is 1.29 bits per heavy atom. The van der Waals surface area contributed by atoms with Crippen molar-refractivity contribution < 1.29 is 9.53 Å². The lowest BCUT2D eigenvalue weighted by Gasteiger charge is -2.24. The number of carbonyl (C=O) groups excluding carboxylic acids is 1. The highest BCUT2D eigenvalue weighted by Crippen LogP contribution is 2.07. The van der Waals surface area contributed by atoms with Crippen LogP contribution in [0.4, 0.5) is 4.79 Å². The molecule has 162 valence electrons. The van der Waals surface area contributed by atoms with Gasteiger partial charge in [-0.1, -0.05) is 19.8 Å². The van der Waals surface area contributed by atoms with E-state index in [0.29, 0.717) is 19.0 Å². The van der Waals surface area contributed by atoms with Crippen LogP contribution in [0.25, 0.3) is 0 Å². The molecule has 3 N–H and O–H groups in total. The zero-order valence-corrected chi connectivity index (χ0v) is 20.5. The molecule has 0 saturated carbocycles. The Morgan fingerprint density at radius 3 is 2.46 bits per heavy atom. The molecule has 1 amide bonds. The zero-order valence-electron chi connectivity index (χ0n) is 18.1. The molecule has 1 heterocycles. The van der Waals surface area contributed by atoms with Crippen LogP contribution in [0.15, 0.2) is 4.99 Å². The van der Waals surface area contributed by atoms with Gasteiger partial charge in [0.15, 0.2) is 11.8 Å². The second-order valence-corrected chi connectivity index (χ2v) is 7.51. The second kappa shape index (κ2) is 12.8. The third kappa shape index (κ3) is 10.1. The van der Waals surface area contributed by atoms with E-state index in [4.69, 9.17) is 4.74 Å². The van der Waals surface area contributed by atoms with Gasteiger partial charge in [0.05, 0.1) is 6.54 Å². The number of unbranched alkanes of at least 4 members (excludes halogenated alkanes) is 1. The van der Waals surface area contributed by atoms with E-state index in [1.807, 2.05) is 39.3 Å². The van der Waals surface area contributed by atoms with Gasteiger partial charge in [-0.2, -0.15) is 0 Å². The third-order valence-corrected chi connectivity index (χ3v) is 3.96. The van der Waals surface area contributed by atoms with Crippen LogP contribution < -0.4 is 16.0 Å². The van der Waals surface area contributed by atoms with Crippen molar-refractivity contribution in [1.82, 2.24) is 30.7 Å². The van der Waals surface area contributed by atoms with E-state index in [1.54, 1.807) is 7.05 Å². The molecule has 0 bridgehead atoms. The molecule has 0 spiro atoms. The number of halogens is 1. The molecular weight excluding hydrogens is 473 g/mol. The van der Waals surface area contributed by atoms with Gasteiger partial charge in [-0.15, -0.1) is 34.2 Å². The van der Waals surface area contributed by atoms with Crippen LogP contribution in [0.1, 0.15) is 58.6 Å². The maximum Gasteiger partial charge on any atom is 0.407 e. The Bertz CT molecular complexity index is 626. The predicted octanol–water partition coefficient (Wildman–Crippen LogP) is 2.49. The van der Waals surface area contributed by atoms with Gasteiger partial charge in [0, 0.05) is 26.7 Å². The lowest BCUT2D eigenvalue weighted by molar-refractivity contribution is 0.0523. The fraction of sp³-hybridized carbons (Fsp3) is 0.778. The molecule has 0 aliphatic rings. The monoisotopic (exact) mass is 509 g/mol. The molecule has 28 heavy (non-hydrogen) atoms. The lowest BCUT2D eigenvalue weighted by Crippen LogP contribution is -2.49. The molecule has 1 atom stereocenters. The van der Waals surface area contributed by atoms with Gasteiger partial charge >= 0.3 is 6.09 Å². The molecule has 1 rings (SSSR count). The number of hydrogen-bond acceptors (Lipinski definition) is 5. The summed E-state index contributed by atoms with van der Waals surface area (Å²) < 4.78 is 7.23. The van der Waals surface area contributed by atoms with E-state index in [1.165, 1.54) is 0 Å². The fourth-order valence-electron chi connectivity index (χ4n) is 2.35. The molecule has 0 aromatic carbocycles. The first kappa shape index (κ1) is 26.4. The van der Waals surface area contributed by atoms with E-state index in [9.17, 15) is 4.79 Å². The number of ether oxygens (including phenoxy) is 1. The number of aliphatic imine (C=N–C) groups is 1. The predicted molar refractivity (Wildman–Crippen MR) is 122 cm³/mol. The van der Waals surface area contributed by atoms with Crippen molar-refractivity contribution >= 4 is 36.0 Å². The maximum absolute atomic E-state index is 11.9. The minimum absolute atomic E-state index is 0. The number of amides is 1. The molecule has 0 aliphatic heterocycles. The molecule has 0 radical (unpaired) electrons. The molecule has 1 aromatic heterocycles. The van der Waals surface area contributed by atoms with Gasteiger partial charge in [0.1, 0.15) is 11.4 Å². The van der Waals surface area contributed by atoms with Crippen LogP contribution >= 0.6 is 24.0 Å². The lowest BCUT2D eigenvalue weighted by atomic mass is 10.1. The summed E-state index contributed by atoms with van der Waals surface area (Å²) >= 11 is 0. The minimum Gasteiger partial charge on any atom is -0.444 e. The minimum atomic E-state index is -0.512. The summed E-state index contributed by atoms with van der Waals surface area (Å²) in [5.41, 5.74) is -0.512. The average Bonchev–Trinajstić information content (AvgIpc) is 2.90. The topological polar surface area (TPSA) is 105 Å². The summed E-state index contributed by atoms with van der Waals surface area (Å²) in [5.74, 6) is 2.34. The number of aryl methyl sites for hydroxylation is 1. The van der Waals surface area contributed by atoms with E-state index in [0.717, 1.165) is 30.9 Å². The van der Waals surface area contributed by atoms with Gasteiger partial charge in [-0.05, 0) is 34.1 Å². The Kier molecular flexibility index (Phi) is 12.1. The van der Waals surface area contributed by atoms with Crippen molar-refractivity contribution in [3.05, 3.63) is 11.6 Å². The largest absolute Gasteiger partial charge is 0.444 e. The quantitative estimate of drug-likeness (QED) is 0.283. The number of aromatic nitrogens is 3. The van der Waals surface area contributed by atoms with Crippen LogP contribution in [0.5, 0.6) is 0 Å². The molecule has 0 saturated heterocycles. The van der Waals surface area contributed by atoms with E-state index in [-0.39, 0.29) is 30.0 Å². The molecule has 1 aromatic rings. The smallest absolute Gasteiger partial charge is 0.407 e. The summed E-state index contributed by atoms with van der Waals surface area (Å²) in [4.78, 5) is 16.2. The summed E-state index contributed by atoms with van der Waals surface area (Å²) in [7, 11) is 3.65. The number of hydrogen-bond donors (Lipinski definition) is 3. The van der Waals surface area contributed by atoms with Crippen molar-refractivity contribution in [2.24, 2.45) is 12.0 Å². The molecule has 9 nitrogen and oxygen atoms in total. The molecule has 0 aliphatic carbocycles. The van der Waals surface area contributed by atoms with Crippen molar-refractivity contribution in [2.45, 2.75) is 72.1 Å². The summed E-state index contributed by atoms with van der Waals surface area (Å²) in [5, 5.41) is 17.6. The van der Waals surface area contributed by atoms with Crippen molar-refractivity contribution in [3.8, 4) is 0 Å². The van der Waals surface area contributed by atoms with Crippen LogP contribution in [0, 0.1) is 6.92 Å². The van der Waals surface area contributed by atoms with Crippen LogP contribution in [0.2, 0.25) is 0 Å². The highest BCUT2D eigenvalue weighted by atomic mass is 127. The van der Waals surface area contributed by atoms with Crippen molar-refractivity contribution in [2.75, 3.05) is 13.6 Å². The highest BCUT2D eigenvalue weighted by molar-refractivity contribution is 14.0. The fourth-order valence-corrected chi connectivity index (χ4v) is 2.35. The molecule has 0 fully saturated rings. The molecular formula is C18H36IN7O2. The van der Waals surface area contributed by atoms with Gasteiger partial charge in [0.25, 0.3) is 0 Å². The first-order valence-electron chi connectivity index (χ1n) is 9.45. The first-order valence-corrected chi connectivity index (χ1v) is 9.45. The van der Waals surface area contributed by atoms with E-state index < -0.39 is 11.7 Å². The Morgan fingerprint density at radius 2 is 1.96 bits per heavy atom. The van der Waals surface area contributed by atoms with Crippen molar-refractivity contribution in [1.29, 1.82) is 0 Å². The standard InChI is InChI=1S/C18H35N7O2.HI/c1-8-9-10-14(11-21-17(26)27-18(3,4)5)22-16(19-6)20-12-15-24-23-13(2)25(15)7;/h14H,8-12H2,1-7H3,(H,21,26)(H2,19,20,22);1H. The number of guanidine groups is 1. The number of carbonyl (C=O) groups is 1. The van der Waals surface area contributed by atoms with Crippen LogP contribution in [0.3, 0.4) is 0 Å². The molecule has 10 heteroatoms. The Hall–Kier alpha value is -1.59. The molecule has 1 unspecified atom stereocenters. The van der Waals surface area contributed by atoms with E-state index in [2.05, 4.69) is 38.1 Å². The number of alkyl carbamates (subject to hydrolysis) is 1. The van der Waals surface area contributed by atoms with Crippen LogP contribution in [-0.4, -0.2) is 52.1 Å². The van der Waals surface area contributed by atoms with Gasteiger partial charge in [-0.25, -0.2) is 4.79 Å². The van der Waals surface area contributed by atoms with Gasteiger partial charge in [0.2, 0.25) is 0 Å². The highest BCUT2D eigenvalue weighted by Gasteiger charge is 2.18. The summed E-state index contributed by atoms with van der Waals surface area (Å²) in [6.45, 7) is 10.6. The Labute approximate surface area is 185 Å². The number of nitrogens with one attached hydrogen (secondary N) is 3. The Balaban J connectivity index is 0.00000729. The maximum atomic E-state index is 11.9. The van der Waals surface area contributed by atoms with Crippen LogP contribution in [-0.2, 0) is 18.3 Å². The second-order valence-electron chi connectivity index (χ2n) is 7.51.